The Morgan fingerprint density at radius 2 is 2.19 bits per heavy atom. The molecule has 2 aliphatic rings. The number of anilines is 1. The number of urea groups is 1. The Bertz CT molecular complexity index is 1140. The number of nitrogens with zero attached hydrogens (tertiary/aromatic N) is 5. The van der Waals surface area contributed by atoms with Gasteiger partial charge in [0, 0.05) is 67.0 Å². The highest BCUT2D eigenvalue weighted by Crippen LogP contribution is 2.44. The Hall–Kier alpha value is -3.62. The van der Waals surface area contributed by atoms with Gasteiger partial charge in [-0.05, 0) is 38.5 Å². The first-order valence-corrected chi connectivity index (χ1v) is 10.9. The first kappa shape index (κ1) is 20.3. The van der Waals surface area contributed by atoms with Crippen molar-refractivity contribution in [2.45, 2.75) is 38.3 Å². The number of carbonyl (C=O) groups is 1. The number of pyridine rings is 2. The zero-order chi connectivity index (χ0) is 22.3. The molecule has 0 aromatic carbocycles. The molecule has 3 aromatic heterocycles. The molecule has 2 aliphatic heterocycles. The predicted octanol–water partition coefficient (Wildman–Crippen LogP) is 2.75. The number of amides is 2. The van der Waals surface area contributed by atoms with Gasteiger partial charge >= 0.3 is 6.03 Å². The molecule has 1 spiro atoms. The third-order valence-corrected chi connectivity index (χ3v) is 6.36. The number of fused-ring (bicyclic) bond motifs is 2. The Labute approximate surface area is 186 Å². The number of hydrogen-bond acceptors (Lipinski definition) is 6. The summed E-state index contributed by atoms with van der Waals surface area (Å²) < 4.78 is 8.15. The van der Waals surface area contributed by atoms with Gasteiger partial charge in [0.15, 0.2) is 11.6 Å². The number of aryl methyl sites for hydroxylation is 1. The molecular formula is C23H27N7O2. The lowest BCUT2D eigenvalue weighted by molar-refractivity contribution is 0.0925. The van der Waals surface area contributed by atoms with Crippen molar-refractivity contribution in [3.05, 3.63) is 54.1 Å². The number of likely N-dealkylation sites (tertiary alicyclic amines) is 1. The molecule has 32 heavy (non-hydrogen) atoms. The second-order valence-electron chi connectivity index (χ2n) is 8.51. The molecule has 0 radical (unpaired) electrons. The van der Waals surface area contributed by atoms with Crippen molar-refractivity contribution >= 4 is 11.8 Å². The van der Waals surface area contributed by atoms with E-state index < -0.39 is 0 Å². The van der Waals surface area contributed by atoms with Crippen LogP contribution in [-0.4, -0.2) is 50.3 Å². The van der Waals surface area contributed by atoms with Gasteiger partial charge in [0.1, 0.15) is 6.10 Å². The molecule has 9 heteroatoms. The summed E-state index contributed by atoms with van der Waals surface area (Å²) in [5.41, 5.74) is 9.90. The van der Waals surface area contributed by atoms with Crippen LogP contribution >= 0.6 is 0 Å². The van der Waals surface area contributed by atoms with Crippen LogP contribution in [-0.2, 0) is 12.0 Å². The number of nitrogen functional groups attached to an aromatic ring is 1. The molecule has 1 saturated heterocycles. The lowest BCUT2D eigenvalue weighted by Crippen LogP contribution is -2.62. The van der Waals surface area contributed by atoms with Gasteiger partial charge in [0.2, 0.25) is 0 Å². The van der Waals surface area contributed by atoms with E-state index >= 15 is 0 Å². The Balaban J connectivity index is 1.36. The van der Waals surface area contributed by atoms with Gasteiger partial charge in [-0.1, -0.05) is 6.07 Å². The molecule has 0 bridgehead atoms. The SMILES string of the molecule is CCNC(=O)N1CC2(CCn3nc(-c4cnc(N)c(O[C@H](C)c5cccnc5)c4)cc32)C1. The lowest BCUT2D eigenvalue weighted by Gasteiger charge is -2.47. The summed E-state index contributed by atoms with van der Waals surface area (Å²) in [5, 5.41) is 7.68. The predicted molar refractivity (Wildman–Crippen MR) is 120 cm³/mol. The molecule has 1 fully saturated rings. The fourth-order valence-electron chi connectivity index (χ4n) is 4.58. The summed E-state index contributed by atoms with van der Waals surface area (Å²) in [6, 6.07) is 7.85. The van der Waals surface area contributed by atoms with Gasteiger partial charge in [0.25, 0.3) is 0 Å². The maximum Gasteiger partial charge on any atom is 0.317 e. The normalized spacial score (nSPS) is 17.0. The molecule has 3 N–H and O–H groups in total. The summed E-state index contributed by atoms with van der Waals surface area (Å²) in [5.74, 6) is 0.858. The summed E-state index contributed by atoms with van der Waals surface area (Å²) in [6.45, 7) is 6.82. The maximum atomic E-state index is 12.1. The minimum Gasteiger partial charge on any atom is -0.482 e. The molecule has 166 valence electrons. The van der Waals surface area contributed by atoms with Gasteiger partial charge in [-0.25, -0.2) is 9.78 Å². The Morgan fingerprint density at radius 3 is 2.94 bits per heavy atom. The van der Waals surface area contributed by atoms with E-state index in [1.807, 2.05) is 36.9 Å². The standard InChI is InChI=1S/C23H27N7O2/c1-3-26-22(31)29-13-23(14-29)6-8-30-20(23)10-18(28-30)17-9-19(21(24)27-12-17)32-15(2)16-5-4-7-25-11-16/h4-5,7,9-12,15H,3,6,8,13-14H2,1-2H3,(H2,24,27)(H,26,31)/t15-/m1/s1. The molecule has 0 unspecified atom stereocenters. The Kier molecular flexibility index (Phi) is 4.96. The van der Waals surface area contributed by atoms with Crippen LogP contribution in [0.5, 0.6) is 5.75 Å². The number of nitrogens with two attached hydrogens (primary N) is 1. The van der Waals surface area contributed by atoms with Crippen LogP contribution in [0.3, 0.4) is 0 Å². The number of hydrogen-bond donors (Lipinski definition) is 2. The third-order valence-electron chi connectivity index (χ3n) is 6.36. The van der Waals surface area contributed by atoms with E-state index in [1.165, 1.54) is 5.69 Å². The first-order valence-electron chi connectivity index (χ1n) is 10.9. The zero-order valence-electron chi connectivity index (χ0n) is 18.3. The van der Waals surface area contributed by atoms with Crippen molar-refractivity contribution in [2.75, 3.05) is 25.4 Å². The first-order chi connectivity index (χ1) is 15.5. The summed E-state index contributed by atoms with van der Waals surface area (Å²) in [6.07, 6.45) is 6.02. The van der Waals surface area contributed by atoms with Gasteiger partial charge in [-0.3, -0.25) is 9.67 Å². The average molecular weight is 434 g/mol. The van der Waals surface area contributed by atoms with E-state index in [9.17, 15) is 4.79 Å². The van der Waals surface area contributed by atoms with Crippen LogP contribution in [0.1, 0.15) is 37.6 Å². The quantitative estimate of drug-likeness (QED) is 0.640. The van der Waals surface area contributed by atoms with E-state index in [0.29, 0.717) is 18.1 Å². The molecule has 5 heterocycles. The second-order valence-corrected chi connectivity index (χ2v) is 8.51. The van der Waals surface area contributed by atoms with Gasteiger partial charge < -0.3 is 20.7 Å². The van der Waals surface area contributed by atoms with Crippen molar-refractivity contribution in [3.8, 4) is 17.0 Å². The van der Waals surface area contributed by atoms with Crippen LogP contribution in [0.25, 0.3) is 11.3 Å². The highest BCUT2D eigenvalue weighted by Gasteiger charge is 2.51. The molecule has 3 aromatic rings. The van der Waals surface area contributed by atoms with Gasteiger partial charge in [-0.2, -0.15) is 5.10 Å². The van der Waals surface area contributed by atoms with Crippen LogP contribution in [0.4, 0.5) is 10.6 Å². The van der Waals surface area contributed by atoms with E-state index in [0.717, 1.165) is 42.9 Å². The maximum absolute atomic E-state index is 12.1. The van der Waals surface area contributed by atoms with Crippen molar-refractivity contribution < 1.29 is 9.53 Å². The van der Waals surface area contributed by atoms with Crippen LogP contribution in [0.2, 0.25) is 0 Å². The highest BCUT2D eigenvalue weighted by molar-refractivity contribution is 5.76. The van der Waals surface area contributed by atoms with Crippen molar-refractivity contribution in [1.29, 1.82) is 0 Å². The monoisotopic (exact) mass is 433 g/mol. The fourth-order valence-corrected chi connectivity index (χ4v) is 4.58. The number of carbonyl (C=O) groups excluding carboxylic acids is 1. The number of ether oxygens (including phenoxy) is 1. The van der Waals surface area contributed by atoms with Gasteiger partial charge in [-0.15, -0.1) is 0 Å². The third kappa shape index (κ3) is 3.43. The van der Waals surface area contributed by atoms with Crippen LogP contribution < -0.4 is 15.8 Å². The molecule has 0 saturated carbocycles. The molecule has 0 aliphatic carbocycles. The molecular weight excluding hydrogens is 406 g/mol. The fraction of sp³-hybridized carbons (Fsp3) is 0.391. The van der Waals surface area contributed by atoms with Crippen molar-refractivity contribution in [2.24, 2.45) is 0 Å². The van der Waals surface area contributed by atoms with Crippen LogP contribution in [0.15, 0.2) is 42.9 Å². The van der Waals surface area contributed by atoms with Crippen molar-refractivity contribution in [3.63, 3.8) is 0 Å². The smallest absolute Gasteiger partial charge is 0.317 e. The number of aromatic nitrogens is 4. The average Bonchev–Trinajstić information content (AvgIpc) is 3.34. The van der Waals surface area contributed by atoms with E-state index in [2.05, 4.69) is 26.0 Å². The van der Waals surface area contributed by atoms with E-state index in [-0.39, 0.29) is 17.6 Å². The highest BCUT2D eigenvalue weighted by atomic mass is 16.5. The minimum atomic E-state index is -0.214. The molecule has 9 nitrogen and oxygen atoms in total. The molecule has 1 atom stereocenters. The topological polar surface area (TPSA) is 111 Å². The van der Waals surface area contributed by atoms with E-state index in [4.69, 9.17) is 15.6 Å². The van der Waals surface area contributed by atoms with Gasteiger partial charge in [0.05, 0.1) is 5.69 Å². The van der Waals surface area contributed by atoms with Crippen LogP contribution in [0, 0.1) is 0 Å². The molecule has 2 amide bonds. The number of nitrogens with one attached hydrogen (secondary N) is 1. The second kappa shape index (κ2) is 7.81. The minimum absolute atomic E-state index is 0.00331. The molecule has 5 rings (SSSR count). The van der Waals surface area contributed by atoms with E-state index in [1.54, 1.807) is 18.6 Å². The number of rotatable bonds is 5. The zero-order valence-corrected chi connectivity index (χ0v) is 18.3. The largest absolute Gasteiger partial charge is 0.482 e. The summed E-state index contributed by atoms with van der Waals surface area (Å²) in [7, 11) is 0. The van der Waals surface area contributed by atoms with Crippen molar-refractivity contribution in [1.82, 2.24) is 30.0 Å². The summed E-state index contributed by atoms with van der Waals surface area (Å²) >= 11 is 0. The Morgan fingerprint density at radius 1 is 1.34 bits per heavy atom. The lowest BCUT2D eigenvalue weighted by atomic mass is 9.76. The summed E-state index contributed by atoms with van der Waals surface area (Å²) in [4.78, 5) is 22.5.